The normalized spacial score (nSPS) is 13.7. The van der Waals surface area contributed by atoms with Crippen LogP contribution in [0.1, 0.15) is 11.1 Å². The standard InChI is InChI=1S/C23H15F2N3O4/c1-13-3-2-4-16(11-13)26-21-20(14-5-8-17(9-6-14)28(31)32)22(29)27(23(21)30)19-12-15(24)7-10-18(19)25/h2-12,26H,1H3. The van der Waals surface area contributed by atoms with Gasteiger partial charge in [0, 0.05) is 23.9 Å². The number of hydrogen-bond donors (Lipinski definition) is 1. The van der Waals surface area contributed by atoms with Crippen LogP contribution in [0.2, 0.25) is 0 Å². The van der Waals surface area contributed by atoms with E-state index in [9.17, 15) is 28.5 Å². The van der Waals surface area contributed by atoms with Crippen LogP contribution in [-0.4, -0.2) is 16.7 Å². The molecule has 0 saturated heterocycles. The molecule has 160 valence electrons. The quantitative estimate of drug-likeness (QED) is 0.360. The maximum Gasteiger partial charge on any atom is 0.282 e. The maximum atomic E-state index is 14.4. The molecule has 0 aromatic heterocycles. The number of rotatable bonds is 5. The van der Waals surface area contributed by atoms with Crippen molar-refractivity contribution in [3.63, 3.8) is 0 Å². The minimum absolute atomic E-state index is 0.116. The SMILES string of the molecule is Cc1cccc(NC2=C(c3ccc([N+](=O)[O-])cc3)C(=O)N(c3cc(F)ccc3F)C2=O)c1. The summed E-state index contributed by atoms with van der Waals surface area (Å²) >= 11 is 0. The number of nitro benzene ring substituents is 1. The fourth-order valence-electron chi connectivity index (χ4n) is 3.41. The highest BCUT2D eigenvalue weighted by atomic mass is 19.1. The zero-order valence-electron chi connectivity index (χ0n) is 16.6. The minimum Gasteiger partial charge on any atom is -0.350 e. The van der Waals surface area contributed by atoms with E-state index in [0.29, 0.717) is 10.6 Å². The summed E-state index contributed by atoms with van der Waals surface area (Å²) in [7, 11) is 0. The molecular weight excluding hydrogens is 420 g/mol. The Labute approximate surface area is 180 Å². The summed E-state index contributed by atoms with van der Waals surface area (Å²) in [6, 6.07) is 14.5. The molecule has 32 heavy (non-hydrogen) atoms. The fraction of sp³-hybridized carbons (Fsp3) is 0.0435. The summed E-state index contributed by atoms with van der Waals surface area (Å²) in [6.07, 6.45) is 0. The first-order valence-electron chi connectivity index (χ1n) is 9.43. The summed E-state index contributed by atoms with van der Waals surface area (Å²) in [5.41, 5.74) is 0.601. The van der Waals surface area contributed by atoms with E-state index in [1.54, 1.807) is 18.2 Å². The number of hydrogen-bond acceptors (Lipinski definition) is 5. The van der Waals surface area contributed by atoms with Crippen LogP contribution >= 0.6 is 0 Å². The molecule has 3 aromatic carbocycles. The van der Waals surface area contributed by atoms with E-state index in [4.69, 9.17) is 0 Å². The number of halogens is 2. The molecule has 0 bridgehead atoms. The molecule has 0 aliphatic carbocycles. The van der Waals surface area contributed by atoms with Gasteiger partial charge >= 0.3 is 0 Å². The summed E-state index contributed by atoms with van der Waals surface area (Å²) in [6.45, 7) is 1.84. The second-order valence-corrected chi connectivity index (χ2v) is 7.09. The smallest absolute Gasteiger partial charge is 0.282 e. The number of carbonyl (C=O) groups is 2. The highest BCUT2D eigenvalue weighted by molar-refractivity contribution is 6.46. The van der Waals surface area contributed by atoms with Crippen LogP contribution in [0.4, 0.5) is 25.8 Å². The summed E-state index contributed by atoms with van der Waals surface area (Å²) in [5.74, 6) is -3.54. The first-order valence-corrected chi connectivity index (χ1v) is 9.43. The van der Waals surface area contributed by atoms with E-state index in [-0.39, 0.29) is 22.5 Å². The predicted octanol–water partition coefficient (Wildman–Crippen LogP) is 4.58. The lowest BCUT2D eigenvalue weighted by Crippen LogP contribution is -2.33. The van der Waals surface area contributed by atoms with Gasteiger partial charge in [-0.2, -0.15) is 0 Å². The molecule has 9 heteroatoms. The van der Waals surface area contributed by atoms with Crippen LogP contribution in [0.25, 0.3) is 5.57 Å². The predicted molar refractivity (Wildman–Crippen MR) is 114 cm³/mol. The second-order valence-electron chi connectivity index (χ2n) is 7.09. The first kappa shape index (κ1) is 20.9. The molecule has 0 spiro atoms. The Bertz CT molecular complexity index is 1300. The van der Waals surface area contributed by atoms with Crippen molar-refractivity contribution < 1.29 is 23.3 Å². The third-order valence-electron chi connectivity index (χ3n) is 4.89. The van der Waals surface area contributed by atoms with E-state index < -0.39 is 34.1 Å². The Hall–Kier alpha value is -4.40. The first-order chi connectivity index (χ1) is 15.3. The van der Waals surface area contributed by atoms with Crippen LogP contribution in [0.5, 0.6) is 0 Å². The number of aryl methyl sites for hydroxylation is 1. The van der Waals surface area contributed by atoms with Crippen molar-refractivity contribution in [3.8, 4) is 0 Å². The zero-order valence-corrected chi connectivity index (χ0v) is 16.6. The Morgan fingerprint density at radius 3 is 2.31 bits per heavy atom. The number of carbonyl (C=O) groups excluding carboxylic acids is 2. The van der Waals surface area contributed by atoms with E-state index in [0.717, 1.165) is 23.8 Å². The van der Waals surface area contributed by atoms with Crippen molar-refractivity contribution in [2.45, 2.75) is 6.92 Å². The van der Waals surface area contributed by atoms with Crippen molar-refractivity contribution in [1.29, 1.82) is 0 Å². The molecule has 1 aliphatic rings. The Kier molecular flexibility index (Phi) is 5.23. The van der Waals surface area contributed by atoms with Crippen molar-refractivity contribution >= 4 is 34.4 Å². The molecular formula is C23H15F2N3O4. The molecule has 0 fully saturated rings. The van der Waals surface area contributed by atoms with Gasteiger partial charge in [-0.3, -0.25) is 19.7 Å². The van der Waals surface area contributed by atoms with Crippen molar-refractivity contribution in [2.75, 3.05) is 10.2 Å². The number of benzene rings is 3. The summed E-state index contributed by atoms with van der Waals surface area (Å²) in [4.78, 5) is 37.4. The van der Waals surface area contributed by atoms with Crippen LogP contribution in [0.3, 0.4) is 0 Å². The largest absolute Gasteiger partial charge is 0.350 e. The maximum absolute atomic E-state index is 14.4. The average Bonchev–Trinajstić information content (AvgIpc) is 2.99. The van der Waals surface area contributed by atoms with Crippen LogP contribution in [-0.2, 0) is 9.59 Å². The molecule has 0 atom stereocenters. The Morgan fingerprint density at radius 2 is 1.66 bits per heavy atom. The van der Waals surface area contributed by atoms with Gasteiger partial charge in [-0.15, -0.1) is 0 Å². The molecule has 7 nitrogen and oxygen atoms in total. The van der Waals surface area contributed by atoms with E-state index in [2.05, 4.69) is 5.32 Å². The number of nitrogens with zero attached hydrogens (tertiary/aromatic N) is 2. The van der Waals surface area contributed by atoms with Crippen molar-refractivity contribution in [1.82, 2.24) is 0 Å². The lowest BCUT2D eigenvalue weighted by atomic mass is 10.0. The molecule has 2 amide bonds. The number of anilines is 2. The number of amides is 2. The highest BCUT2D eigenvalue weighted by Gasteiger charge is 2.41. The van der Waals surface area contributed by atoms with Crippen LogP contribution < -0.4 is 10.2 Å². The van der Waals surface area contributed by atoms with Gasteiger partial charge in [-0.1, -0.05) is 12.1 Å². The van der Waals surface area contributed by atoms with Gasteiger partial charge in [0.1, 0.15) is 17.3 Å². The number of non-ortho nitro benzene ring substituents is 1. The topological polar surface area (TPSA) is 92.6 Å². The van der Waals surface area contributed by atoms with Gasteiger partial charge in [-0.05, 0) is 54.4 Å². The van der Waals surface area contributed by atoms with Gasteiger partial charge in [0.15, 0.2) is 0 Å². The number of nitrogens with one attached hydrogen (secondary N) is 1. The van der Waals surface area contributed by atoms with Gasteiger partial charge < -0.3 is 5.32 Å². The Balaban J connectivity index is 1.85. The van der Waals surface area contributed by atoms with Crippen LogP contribution in [0.15, 0.2) is 72.4 Å². The number of nitro groups is 1. The lowest BCUT2D eigenvalue weighted by Gasteiger charge is -2.16. The molecule has 0 unspecified atom stereocenters. The van der Waals surface area contributed by atoms with E-state index in [1.807, 2.05) is 13.0 Å². The van der Waals surface area contributed by atoms with E-state index in [1.165, 1.54) is 24.3 Å². The number of imide groups is 1. The van der Waals surface area contributed by atoms with E-state index >= 15 is 0 Å². The summed E-state index contributed by atoms with van der Waals surface area (Å²) < 4.78 is 28.2. The highest BCUT2D eigenvalue weighted by Crippen LogP contribution is 2.35. The molecule has 1 N–H and O–H groups in total. The molecule has 3 aromatic rings. The monoisotopic (exact) mass is 435 g/mol. The van der Waals surface area contributed by atoms with Gasteiger partial charge in [0.05, 0.1) is 16.2 Å². The van der Waals surface area contributed by atoms with Crippen molar-refractivity contribution in [3.05, 3.63) is 105 Å². The van der Waals surface area contributed by atoms with Crippen molar-refractivity contribution in [2.24, 2.45) is 0 Å². The molecule has 4 rings (SSSR count). The van der Waals surface area contributed by atoms with Crippen LogP contribution in [0, 0.1) is 28.7 Å². The molecule has 0 saturated carbocycles. The van der Waals surface area contributed by atoms with Gasteiger partial charge in [-0.25, -0.2) is 13.7 Å². The van der Waals surface area contributed by atoms with Gasteiger partial charge in [0.25, 0.3) is 17.5 Å². The molecule has 1 heterocycles. The summed E-state index contributed by atoms with van der Waals surface area (Å²) in [5, 5.41) is 13.9. The molecule has 1 aliphatic heterocycles. The third kappa shape index (κ3) is 3.71. The zero-order chi connectivity index (χ0) is 23.0. The second kappa shape index (κ2) is 8.03. The average molecular weight is 435 g/mol. The van der Waals surface area contributed by atoms with Gasteiger partial charge in [0.2, 0.25) is 0 Å². The Morgan fingerprint density at radius 1 is 0.938 bits per heavy atom. The lowest BCUT2D eigenvalue weighted by molar-refractivity contribution is -0.384. The molecule has 0 radical (unpaired) electrons. The minimum atomic E-state index is -0.951. The fourth-order valence-corrected chi connectivity index (χ4v) is 3.41. The third-order valence-corrected chi connectivity index (χ3v) is 4.89.